The molecule has 0 bridgehead atoms. The van der Waals surface area contributed by atoms with Gasteiger partial charge in [-0.05, 0) is 55.3 Å². The van der Waals surface area contributed by atoms with Gasteiger partial charge in [-0.15, -0.1) is 5.92 Å². The van der Waals surface area contributed by atoms with Crippen LogP contribution in [0, 0.1) is 11.8 Å². The molecule has 2 N–H and O–H groups in total. The molecule has 0 radical (unpaired) electrons. The summed E-state index contributed by atoms with van der Waals surface area (Å²) in [5.74, 6) is 3.24. The summed E-state index contributed by atoms with van der Waals surface area (Å²) in [5.41, 5.74) is 3.44. The number of hydrogen-bond donors (Lipinski definition) is 1. The molecule has 11 nitrogen and oxygen atoms in total. The highest BCUT2D eigenvalue weighted by Crippen LogP contribution is 2.42. The van der Waals surface area contributed by atoms with E-state index in [9.17, 15) is 19.2 Å². The lowest BCUT2D eigenvalue weighted by Crippen LogP contribution is -2.54. The van der Waals surface area contributed by atoms with Crippen molar-refractivity contribution in [2.45, 2.75) is 31.0 Å². The average molecular weight is 594 g/mol. The Labute approximate surface area is 252 Å². The fourth-order valence-corrected chi connectivity index (χ4v) is 4.72. The number of benzene rings is 3. The molecule has 1 fully saturated rings. The van der Waals surface area contributed by atoms with Gasteiger partial charge in [0.25, 0.3) is 0 Å². The van der Waals surface area contributed by atoms with Gasteiger partial charge in [0, 0.05) is 6.20 Å². The number of nitrogens with two attached hydrogens (primary N) is 1. The zero-order valence-corrected chi connectivity index (χ0v) is 23.5. The summed E-state index contributed by atoms with van der Waals surface area (Å²) in [6.45, 7) is 1.00. The van der Waals surface area contributed by atoms with Gasteiger partial charge in [0.2, 0.25) is 11.7 Å². The second-order valence-electron chi connectivity index (χ2n) is 9.64. The molecule has 0 spiro atoms. The van der Waals surface area contributed by atoms with Crippen LogP contribution in [0.25, 0.3) is 0 Å². The molecule has 3 aromatic carbocycles. The Morgan fingerprint density at radius 1 is 0.864 bits per heavy atom. The summed E-state index contributed by atoms with van der Waals surface area (Å²) in [4.78, 5) is 56.7. The monoisotopic (exact) mass is 593 g/mol. The lowest BCUT2D eigenvalue weighted by atomic mass is 9.91. The van der Waals surface area contributed by atoms with Crippen LogP contribution in [-0.2, 0) is 18.9 Å². The summed E-state index contributed by atoms with van der Waals surface area (Å²) >= 11 is 0. The first-order valence-electron chi connectivity index (χ1n) is 13.5. The van der Waals surface area contributed by atoms with Crippen LogP contribution >= 0.6 is 0 Å². The molecule has 4 aromatic rings. The Hall–Kier alpha value is -5.73. The highest BCUT2D eigenvalue weighted by Gasteiger charge is 2.63. The highest BCUT2D eigenvalue weighted by atomic mass is 16.7. The van der Waals surface area contributed by atoms with Crippen LogP contribution in [0.15, 0.2) is 108 Å². The van der Waals surface area contributed by atoms with Crippen LogP contribution in [0.4, 0.5) is 5.82 Å². The van der Waals surface area contributed by atoms with Crippen molar-refractivity contribution in [2.75, 3.05) is 12.3 Å². The van der Waals surface area contributed by atoms with Crippen molar-refractivity contribution in [1.29, 1.82) is 0 Å². The van der Waals surface area contributed by atoms with Crippen molar-refractivity contribution in [2.24, 2.45) is 0 Å². The number of nitrogen functional groups attached to an aromatic ring is 1. The van der Waals surface area contributed by atoms with E-state index in [1.165, 1.54) is 43.5 Å². The topological polar surface area (TPSA) is 149 Å². The smallest absolute Gasteiger partial charge is 0.351 e. The number of esters is 3. The van der Waals surface area contributed by atoms with Gasteiger partial charge in [-0.1, -0.05) is 54.6 Å². The Morgan fingerprint density at radius 3 is 1.95 bits per heavy atom. The number of carbonyl (C=O) groups is 3. The number of rotatable bonds is 8. The van der Waals surface area contributed by atoms with Gasteiger partial charge in [0.15, 0.2) is 6.23 Å². The number of nitrogens with zero attached hydrogens (tertiary/aromatic N) is 2. The van der Waals surface area contributed by atoms with E-state index in [0.717, 1.165) is 4.57 Å². The minimum atomic E-state index is -2.06. The maximum Gasteiger partial charge on any atom is 0.351 e. The molecule has 222 valence electrons. The summed E-state index contributed by atoms with van der Waals surface area (Å²) in [6.07, 6.45) is -2.99. The van der Waals surface area contributed by atoms with Gasteiger partial charge in [0.05, 0.1) is 16.7 Å². The number of hydrogen-bond acceptors (Lipinski definition) is 10. The molecule has 0 saturated carbocycles. The van der Waals surface area contributed by atoms with Crippen molar-refractivity contribution in [1.82, 2.24) is 9.55 Å². The second kappa shape index (κ2) is 13.1. The highest BCUT2D eigenvalue weighted by molar-refractivity contribution is 5.91. The molecule has 0 amide bonds. The van der Waals surface area contributed by atoms with E-state index in [1.807, 2.05) is 0 Å². The number of ether oxygens (including phenoxy) is 4. The molecule has 1 saturated heterocycles. The first kappa shape index (κ1) is 29.8. The van der Waals surface area contributed by atoms with Crippen LogP contribution in [-0.4, -0.2) is 51.9 Å². The van der Waals surface area contributed by atoms with E-state index in [4.69, 9.17) is 24.7 Å². The fraction of sp³-hybridized carbons (Fsp3) is 0.182. The SMILES string of the molecule is CC#C[C@@]1(OC(=O)c2ccccc2)[C@@H](COC(=O)c2ccccc2)O[C@@H](n2ccc(N)nc2=O)[C@@H]1OC(=O)c1ccccc1. The van der Waals surface area contributed by atoms with Crippen molar-refractivity contribution in [3.8, 4) is 11.8 Å². The number of aromatic nitrogens is 2. The molecule has 2 heterocycles. The average Bonchev–Trinajstić information content (AvgIpc) is 3.32. The van der Waals surface area contributed by atoms with E-state index < -0.39 is 54.2 Å². The Balaban J connectivity index is 1.61. The van der Waals surface area contributed by atoms with Crippen molar-refractivity contribution in [3.63, 3.8) is 0 Å². The Bertz CT molecular complexity index is 1770. The van der Waals surface area contributed by atoms with Gasteiger partial charge in [-0.25, -0.2) is 19.2 Å². The summed E-state index contributed by atoms with van der Waals surface area (Å²) in [7, 11) is 0. The van der Waals surface area contributed by atoms with Crippen molar-refractivity contribution < 1.29 is 33.3 Å². The summed E-state index contributed by atoms with van der Waals surface area (Å²) < 4.78 is 24.9. The summed E-state index contributed by atoms with van der Waals surface area (Å²) in [6, 6.07) is 25.8. The molecular weight excluding hydrogens is 566 g/mol. The van der Waals surface area contributed by atoms with Gasteiger partial charge in [0.1, 0.15) is 18.5 Å². The third kappa shape index (κ3) is 6.21. The summed E-state index contributed by atoms with van der Waals surface area (Å²) in [5, 5.41) is 0. The minimum Gasteiger partial charge on any atom is -0.459 e. The van der Waals surface area contributed by atoms with Crippen molar-refractivity contribution in [3.05, 3.63) is 130 Å². The minimum absolute atomic E-state index is 0.0504. The number of anilines is 1. The molecule has 1 aliphatic heterocycles. The quantitative estimate of drug-likeness (QED) is 0.183. The van der Waals surface area contributed by atoms with Crippen LogP contribution in [0.1, 0.15) is 44.2 Å². The van der Waals surface area contributed by atoms with Crippen LogP contribution < -0.4 is 11.4 Å². The Morgan fingerprint density at radius 2 is 1.41 bits per heavy atom. The normalized spacial score (nSPS) is 20.5. The predicted octanol–water partition coefficient (Wildman–Crippen LogP) is 3.42. The lowest BCUT2D eigenvalue weighted by Gasteiger charge is -2.33. The molecule has 1 aliphatic rings. The molecule has 1 aromatic heterocycles. The molecule has 44 heavy (non-hydrogen) atoms. The molecule has 5 rings (SSSR count). The maximum absolute atomic E-state index is 13.6. The van der Waals surface area contributed by atoms with Crippen LogP contribution in [0.3, 0.4) is 0 Å². The second-order valence-corrected chi connectivity index (χ2v) is 9.64. The third-order valence-corrected chi connectivity index (χ3v) is 6.80. The van der Waals surface area contributed by atoms with E-state index in [0.29, 0.717) is 0 Å². The van der Waals surface area contributed by atoms with Crippen LogP contribution in [0.5, 0.6) is 0 Å². The van der Waals surface area contributed by atoms with Crippen LogP contribution in [0.2, 0.25) is 0 Å². The zero-order valence-electron chi connectivity index (χ0n) is 23.5. The predicted molar refractivity (Wildman–Crippen MR) is 157 cm³/mol. The van der Waals surface area contributed by atoms with E-state index >= 15 is 0 Å². The third-order valence-electron chi connectivity index (χ3n) is 6.80. The largest absolute Gasteiger partial charge is 0.459 e. The maximum atomic E-state index is 13.6. The first-order chi connectivity index (χ1) is 21.3. The molecule has 11 heteroatoms. The zero-order chi connectivity index (χ0) is 31.1. The molecule has 0 aliphatic carbocycles. The van der Waals surface area contributed by atoms with Gasteiger partial charge in [-0.2, -0.15) is 4.98 Å². The van der Waals surface area contributed by atoms with Gasteiger partial charge < -0.3 is 24.7 Å². The van der Waals surface area contributed by atoms with Gasteiger partial charge in [-0.3, -0.25) is 4.57 Å². The van der Waals surface area contributed by atoms with E-state index in [-0.39, 0.29) is 22.5 Å². The lowest BCUT2D eigenvalue weighted by molar-refractivity contribution is -0.0784. The molecule has 4 atom stereocenters. The van der Waals surface area contributed by atoms with E-state index in [2.05, 4.69) is 16.8 Å². The van der Waals surface area contributed by atoms with E-state index in [1.54, 1.807) is 66.7 Å². The fourth-order valence-electron chi connectivity index (χ4n) is 4.72. The molecular formula is C33H27N3O8. The van der Waals surface area contributed by atoms with Gasteiger partial charge >= 0.3 is 23.6 Å². The molecule has 0 unspecified atom stereocenters. The number of carbonyl (C=O) groups excluding carboxylic acids is 3. The first-order valence-corrected chi connectivity index (χ1v) is 13.5. The van der Waals surface area contributed by atoms with Crippen molar-refractivity contribution >= 4 is 23.7 Å². The Kier molecular flexibility index (Phi) is 8.83. The standard InChI is InChI=1S/C33H27N3O8/c1-2-19-33(44-31(39)24-16-10-5-11-17-24)25(21-41-29(37)22-12-6-3-7-13-22)42-28(36-20-18-26(34)35-32(36)40)27(33)43-30(38)23-14-8-4-9-15-23/h3-18,20,25,27-28H,21H2,1H3,(H2,34,35,40)/t25-,27+,28-,33-/m1/s1.